The maximum Gasteiger partial charge on any atom is 0.161 e. The normalized spacial score (nSPS) is 12.0. The van der Waals surface area contributed by atoms with Crippen LogP contribution in [0.1, 0.15) is 31.0 Å². The molecule has 0 radical (unpaired) electrons. The van der Waals surface area contributed by atoms with Gasteiger partial charge in [0.25, 0.3) is 0 Å². The van der Waals surface area contributed by atoms with Gasteiger partial charge in [-0.2, -0.15) is 0 Å². The SMILES string of the molecule is CCOc1ccc(CN[C@@H](C)c2ccncc2)cc1OC. The second-order valence-electron chi connectivity index (χ2n) is 4.80. The van der Waals surface area contributed by atoms with Crippen LogP contribution in [0.5, 0.6) is 11.5 Å². The molecule has 112 valence electrons. The highest BCUT2D eigenvalue weighted by molar-refractivity contribution is 5.43. The summed E-state index contributed by atoms with van der Waals surface area (Å²) in [7, 11) is 1.66. The molecule has 0 saturated carbocycles. The average Bonchev–Trinajstić information content (AvgIpc) is 2.54. The molecular formula is C17H22N2O2. The first-order valence-corrected chi connectivity index (χ1v) is 7.17. The largest absolute Gasteiger partial charge is 0.493 e. The van der Waals surface area contributed by atoms with E-state index in [1.807, 2.05) is 43.6 Å². The highest BCUT2D eigenvalue weighted by Gasteiger charge is 2.07. The summed E-state index contributed by atoms with van der Waals surface area (Å²) in [5.74, 6) is 1.55. The lowest BCUT2D eigenvalue weighted by atomic mass is 10.1. The summed E-state index contributed by atoms with van der Waals surface area (Å²) in [5.41, 5.74) is 2.39. The molecule has 0 amide bonds. The molecule has 1 aromatic carbocycles. The van der Waals surface area contributed by atoms with E-state index in [1.165, 1.54) is 5.56 Å². The van der Waals surface area contributed by atoms with E-state index >= 15 is 0 Å². The monoisotopic (exact) mass is 286 g/mol. The number of methoxy groups -OCH3 is 1. The highest BCUT2D eigenvalue weighted by atomic mass is 16.5. The van der Waals surface area contributed by atoms with E-state index in [9.17, 15) is 0 Å². The Bertz CT molecular complexity index is 558. The number of pyridine rings is 1. The number of ether oxygens (including phenoxy) is 2. The Balaban J connectivity index is 2.00. The number of nitrogens with zero attached hydrogens (tertiary/aromatic N) is 1. The smallest absolute Gasteiger partial charge is 0.161 e. The van der Waals surface area contributed by atoms with Crippen LogP contribution in [0.25, 0.3) is 0 Å². The Morgan fingerprint density at radius 2 is 1.90 bits per heavy atom. The van der Waals surface area contributed by atoms with Crippen molar-refractivity contribution >= 4 is 0 Å². The van der Waals surface area contributed by atoms with Crippen molar-refractivity contribution in [2.24, 2.45) is 0 Å². The van der Waals surface area contributed by atoms with E-state index in [-0.39, 0.29) is 6.04 Å². The molecule has 0 unspecified atom stereocenters. The molecule has 0 aliphatic carbocycles. The maximum atomic E-state index is 5.53. The third kappa shape index (κ3) is 4.20. The van der Waals surface area contributed by atoms with Crippen LogP contribution in [0.15, 0.2) is 42.7 Å². The van der Waals surface area contributed by atoms with Gasteiger partial charge in [0.2, 0.25) is 0 Å². The lowest BCUT2D eigenvalue weighted by molar-refractivity contribution is 0.310. The fraction of sp³-hybridized carbons (Fsp3) is 0.353. The minimum atomic E-state index is 0.269. The van der Waals surface area contributed by atoms with Crippen molar-refractivity contribution in [3.63, 3.8) is 0 Å². The summed E-state index contributed by atoms with van der Waals surface area (Å²) in [5, 5.41) is 3.49. The second kappa shape index (κ2) is 7.64. The predicted octanol–water partition coefficient (Wildman–Crippen LogP) is 3.34. The van der Waals surface area contributed by atoms with Gasteiger partial charge in [0, 0.05) is 25.0 Å². The van der Waals surface area contributed by atoms with Crippen LogP contribution >= 0.6 is 0 Å². The van der Waals surface area contributed by atoms with E-state index in [0.29, 0.717) is 6.61 Å². The fourth-order valence-electron chi connectivity index (χ4n) is 2.14. The van der Waals surface area contributed by atoms with Crippen molar-refractivity contribution in [3.05, 3.63) is 53.9 Å². The Labute approximate surface area is 126 Å². The van der Waals surface area contributed by atoms with Crippen LogP contribution in [-0.4, -0.2) is 18.7 Å². The van der Waals surface area contributed by atoms with Gasteiger partial charge in [-0.05, 0) is 49.2 Å². The van der Waals surface area contributed by atoms with Gasteiger partial charge >= 0.3 is 0 Å². The standard InChI is InChI=1S/C17H22N2O2/c1-4-21-16-6-5-14(11-17(16)20-3)12-19-13(2)15-7-9-18-10-8-15/h5-11,13,19H,4,12H2,1-3H3/t13-/m0/s1. The molecule has 1 atom stereocenters. The molecule has 0 spiro atoms. The first-order chi connectivity index (χ1) is 10.2. The molecule has 0 aliphatic rings. The number of nitrogens with one attached hydrogen (secondary N) is 1. The van der Waals surface area contributed by atoms with Crippen molar-refractivity contribution in [1.29, 1.82) is 0 Å². The lowest BCUT2D eigenvalue weighted by Gasteiger charge is -2.15. The van der Waals surface area contributed by atoms with Gasteiger partial charge in [-0.25, -0.2) is 0 Å². The quantitative estimate of drug-likeness (QED) is 0.847. The molecule has 0 bridgehead atoms. The number of benzene rings is 1. The average molecular weight is 286 g/mol. The van der Waals surface area contributed by atoms with Gasteiger partial charge in [0.05, 0.1) is 13.7 Å². The third-order valence-electron chi connectivity index (χ3n) is 3.35. The Morgan fingerprint density at radius 1 is 1.14 bits per heavy atom. The van der Waals surface area contributed by atoms with Crippen molar-refractivity contribution < 1.29 is 9.47 Å². The maximum absolute atomic E-state index is 5.53. The zero-order valence-corrected chi connectivity index (χ0v) is 12.8. The van der Waals surface area contributed by atoms with Crippen LogP contribution in [0, 0.1) is 0 Å². The molecule has 0 saturated heterocycles. The molecule has 1 heterocycles. The van der Waals surface area contributed by atoms with Crippen molar-refractivity contribution in [2.45, 2.75) is 26.4 Å². The van der Waals surface area contributed by atoms with Gasteiger partial charge in [0.15, 0.2) is 11.5 Å². The van der Waals surface area contributed by atoms with E-state index in [4.69, 9.17) is 9.47 Å². The molecule has 4 nitrogen and oxygen atoms in total. The van der Waals surface area contributed by atoms with Crippen LogP contribution in [-0.2, 0) is 6.54 Å². The van der Waals surface area contributed by atoms with Crippen molar-refractivity contribution in [2.75, 3.05) is 13.7 Å². The minimum Gasteiger partial charge on any atom is -0.493 e. The van der Waals surface area contributed by atoms with Gasteiger partial charge in [-0.1, -0.05) is 6.07 Å². The van der Waals surface area contributed by atoms with Gasteiger partial charge in [0.1, 0.15) is 0 Å². The van der Waals surface area contributed by atoms with E-state index in [0.717, 1.165) is 23.6 Å². The van der Waals surface area contributed by atoms with Gasteiger partial charge in [-0.15, -0.1) is 0 Å². The number of hydrogen-bond donors (Lipinski definition) is 1. The van der Waals surface area contributed by atoms with Crippen molar-refractivity contribution in [1.82, 2.24) is 10.3 Å². The minimum absolute atomic E-state index is 0.269. The molecule has 0 aliphatic heterocycles. The first kappa shape index (κ1) is 15.3. The molecule has 21 heavy (non-hydrogen) atoms. The number of aromatic nitrogens is 1. The molecule has 4 heteroatoms. The Morgan fingerprint density at radius 3 is 2.57 bits per heavy atom. The highest BCUT2D eigenvalue weighted by Crippen LogP contribution is 2.28. The van der Waals surface area contributed by atoms with E-state index < -0.39 is 0 Å². The van der Waals surface area contributed by atoms with Crippen LogP contribution in [0.3, 0.4) is 0 Å². The zero-order valence-electron chi connectivity index (χ0n) is 12.8. The topological polar surface area (TPSA) is 43.4 Å². The summed E-state index contributed by atoms with van der Waals surface area (Å²) in [6.07, 6.45) is 3.63. The molecule has 1 aromatic heterocycles. The molecule has 0 fully saturated rings. The zero-order chi connectivity index (χ0) is 15.1. The summed E-state index contributed by atoms with van der Waals surface area (Å²) < 4.78 is 10.9. The van der Waals surface area contributed by atoms with Crippen LogP contribution in [0.2, 0.25) is 0 Å². The Kier molecular flexibility index (Phi) is 5.58. The van der Waals surface area contributed by atoms with Crippen LogP contribution < -0.4 is 14.8 Å². The molecular weight excluding hydrogens is 264 g/mol. The fourth-order valence-corrected chi connectivity index (χ4v) is 2.14. The number of rotatable bonds is 7. The summed E-state index contributed by atoms with van der Waals surface area (Å²) in [6.45, 7) is 5.51. The molecule has 2 aromatic rings. The van der Waals surface area contributed by atoms with Gasteiger partial charge < -0.3 is 14.8 Å². The molecule has 2 rings (SSSR count). The summed E-state index contributed by atoms with van der Waals surface area (Å²) in [4.78, 5) is 4.04. The predicted molar refractivity (Wildman–Crippen MR) is 83.7 cm³/mol. The first-order valence-electron chi connectivity index (χ1n) is 7.17. The summed E-state index contributed by atoms with van der Waals surface area (Å²) in [6, 6.07) is 10.3. The summed E-state index contributed by atoms with van der Waals surface area (Å²) >= 11 is 0. The Hall–Kier alpha value is -2.07. The van der Waals surface area contributed by atoms with E-state index in [1.54, 1.807) is 7.11 Å². The van der Waals surface area contributed by atoms with E-state index in [2.05, 4.69) is 23.3 Å². The third-order valence-corrected chi connectivity index (χ3v) is 3.35. The van der Waals surface area contributed by atoms with Crippen LogP contribution in [0.4, 0.5) is 0 Å². The molecule has 1 N–H and O–H groups in total. The lowest BCUT2D eigenvalue weighted by Crippen LogP contribution is -2.18. The van der Waals surface area contributed by atoms with Crippen molar-refractivity contribution in [3.8, 4) is 11.5 Å². The van der Waals surface area contributed by atoms with Gasteiger partial charge in [-0.3, -0.25) is 4.98 Å². The second-order valence-corrected chi connectivity index (χ2v) is 4.80. The number of hydrogen-bond acceptors (Lipinski definition) is 4.